The van der Waals surface area contributed by atoms with Crippen molar-refractivity contribution in [2.24, 2.45) is 0 Å². The van der Waals surface area contributed by atoms with Gasteiger partial charge in [0.1, 0.15) is 12.4 Å². The normalized spacial score (nSPS) is 10.3. The predicted molar refractivity (Wildman–Crippen MR) is 69.9 cm³/mol. The first-order valence-electron chi connectivity index (χ1n) is 4.35. The van der Waals surface area contributed by atoms with Gasteiger partial charge >= 0.3 is 0 Å². The number of rotatable bonds is 3. The van der Waals surface area contributed by atoms with E-state index in [1.54, 1.807) is 6.26 Å². The molecular formula is C11H8BrIO2. The molecule has 0 bridgehead atoms. The number of furan rings is 1. The van der Waals surface area contributed by atoms with Crippen LogP contribution in [-0.2, 0) is 6.61 Å². The highest BCUT2D eigenvalue weighted by Crippen LogP contribution is 2.18. The van der Waals surface area contributed by atoms with Crippen molar-refractivity contribution in [3.63, 3.8) is 0 Å². The van der Waals surface area contributed by atoms with Gasteiger partial charge in [-0.25, -0.2) is 0 Å². The number of ether oxygens (including phenoxy) is 1. The molecule has 2 nitrogen and oxygen atoms in total. The van der Waals surface area contributed by atoms with Crippen molar-refractivity contribution in [3.8, 4) is 5.75 Å². The van der Waals surface area contributed by atoms with Crippen molar-refractivity contribution in [1.29, 1.82) is 0 Å². The van der Waals surface area contributed by atoms with E-state index in [2.05, 4.69) is 38.5 Å². The Hall–Kier alpha value is -0.490. The van der Waals surface area contributed by atoms with Crippen LogP contribution in [0.2, 0.25) is 0 Å². The van der Waals surface area contributed by atoms with Gasteiger partial charge in [0, 0.05) is 9.13 Å². The molecule has 0 radical (unpaired) electrons. The Morgan fingerprint density at radius 1 is 1.27 bits per heavy atom. The average molecular weight is 379 g/mol. The Kier molecular flexibility index (Phi) is 3.69. The fourth-order valence-corrected chi connectivity index (χ4v) is 1.87. The third-order valence-electron chi connectivity index (χ3n) is 1.84. The van der Waals surface area contributed by atoms with Gasteiger partial charge in [-0.1, -0.05) is 0 Å². The maximum absolute atomic E-state index is 5.58. The van der Waals surface area contributed by atoms with Crippen LogP contribution in [0.5, 0.6) is 5.75 Å². The Labute approximate surface area is 110 Å². The highest BCUT2D eigenvalue weighted by molar-refractivity contribution is 14.1. The van der Waals surface area contributed by atoms with E-state index in [1.165, 1.54) is 3.57 Å². The molecule has 0 aliphatic rings. The van der Waals surface area contributed by atoms with Crippen molar-refractivity contribution in [1.82, 2.24) is 0 Å². The molecule has 0 atom stereocenters. The lowest BCUT2D eigenvalue weighted by atomic mass is 10.3. The van der Waals surface area contributed by atoms with Gasteiger partial charge in [-0.3, -0.25) is 0 Å². The highest BCUT2D eigenvalue weighted by atomic mass is 127. The summed E-state index contributed by atoms with van der Waals surface area (Å²) in [7, 11) is 0. The van der Waals surface area contributed by atoms with Crippen LogP contribution in [0.3, 0.4) is 0 Å². The fourth-order valence-electron chi connectivity index (χ4n) is 1.12. The second-order valence-electron chi connectivity index (χ2n) is 3.00. The molecule has 1 heterocycles. The molecule has 15 heavy (non-hydrogen) atoms. The zero-order chi connectivity index (χ0) is 10.7. The average Bonchev–Trinajstić information content (AvgIpc) is 2.64. The monoisotopic (exact) mass is 378 g/mol. The lowest BCUT2D eigenvalue weighted by Gasteiger charge is -2.03. The summed E-state index contributed by atoms with van der Waals surface area (Å²) >= 11 is 5.51. The molecule has 78 valence electrons. The van der Waals surface area contributed by atoms with Crippen LogP contribution in [0.15, 0.2) is 45.7 Å². The molecule has 1 aromatic carbocycles. The van der Waals surface area contributed by atoms with Gasteiger partial charge < -0.3 is 9.15 Å². The molecule has 0 unspecified atom stereocenters. The number of hydrogen-bond donors (Lipinski definition) is 0. The Morgan fingerprint density at radius 2 is 2.00 bits per heavy atom. The number of halogens is 2. The molecule has 0 spiro atoms. The molecule has 0 N–H and O–H groups in total. The minimum atomic E-state index is 0.524. The summed E-state index contributed by atoms with van der Waals surface area (Å²) in [5.74, 6) is 0.868. The molecule has 0 aliphatic heterocycles. The van der Waals surface area contributed by atoms with Crippen molar-refractivity contribution in [3.05, 3.63) is 50.4 Å². The summed E-state index contributed by atoms with van der Waals surface area (Å²) in [6, 6.07) is 9.84. The first-order chi connectivity index (χ1) is 7.24. The van der Waals surface area contributed by atoms with E-state index >= 15 is 0 Å². The number of hydrogen-bond acceptors (Lipinski definition) is 2. The van der Waals surface area contributed by atoms with Crippen molar-refractivity contribution < 1.29 is 9.15 Å². The third-order valence-corrected chi connectivity index (χ3v) is 2.98. The van der Waals surface area contributed by atoms with Gasteiger partial charge in [-0.2, -0.15) is 0 Å². The van der Waals surface area contributed by atoms with E-state index in [9.17, 15) is 0 Å². The van der Waals surface area contributed by atoms with Crippen LogP contribution in [-0.4, -0.2) is 0 Å². The molecule has 4 heteroatoms. The standard InChI is InChI=1S/C11H8BrIO2/c12-11-5-8(7-15-11)6-14-10-3-1-9(13)2-4-10/h1-5,7H,6H2. The van der Waals surface area contributed by atoms with E-state index in [0.29, 0.717) is 6.61 Å². The smallest absolute Gasteiger partial charge is 0.169 e. The van der Waals surface area contributed by atoms with E-state index in [0.717, 1.165) is 16.0 Å². The topological polar surface area (TPSA) is 22.4 Å². The van der Waals surface area contributed by atoms with Crippen molar-refractivity contribution >= 4 is 38.5 Å². The highest BCUT2D eigenvalue weighted by Gasteiger charge is 1.99. The maximum atomic E-state index is 5.58. The van der Waals surface area contributed by atoms with Gasteiger partial charge in [0.25, 0.3) is 0 Å². The van der Waals surface area contributed by atoms with Gasteiger partial charge in [0.2, 0.25) is 0 Å². The summed E-state index contributed by atoms with van der Waals surface area (Å²) in [4.78, 5) is 0. The molecule has 2 rings (SSSR count). The van der Waals surface area contributed by atoms with Gasteiger partial charge in [-0.15, -0.1) is 0 Å². The first kappa shape index (κ1) is 11.0. The molecule has 0 aliphatic carbocycles. The zero-order valence-electron chi connectivity index (χ0n) is 7.74. The molecule has 0 saturated carbocycles. The lowest BCUT2D eigenvalue weighted by molar-refractivity contribution is 0.304. The summed E-state index contributed by atoms with van der Waals surface area (Å²) in [5.41, 5.74) is 1.01. The van der Waals surface area contributed by atoms with Crippen LogP contribution in [0, 0.1) is 3.57 Å². The lowest BCUT2D eigenvalue weighted by Crippen LogP contribution is -1.93. The summed E-state index contributed by atoms with van der Waals surface area (Å²) < 4.78 is 12.6. The largest absolute Gasteiger partial charge is 0.489 e. The molecule has 2 aromatic rings. The fraction of sp³-hybridized carbons (Fsp3) is 0.0909. The SMILES string of the molecule is Brc1cc(COc2ccc(I)cc2)co1. The van der Waals surface area contributed by atoms with Gasteiger partial charge in [0.05, 0.1) is 6.26 Å². The van der Waals surface area contributed by atoms with Crippen molar-refractivity contribution in [2.45, 2.75) is 6.61 Å². The zero-order valence-corrected chi connectivity index (χ0v) is 11.5. The van der Waals surface area contributed by atoms with E-state index in [1.807, 2.05) is 30.3 Å². The summed E-state index contributed by atoms with van der Waals surface area (Å²) in [6.07, 6.45) is 1.68. The summed E-state index contributed by atoms with van der Waals surface area (Å²) in [5, 5.41) is 0. The van der Waals surface area contributed by atoms with Crippen LogP contribution >= 0.6 is 38.5 Å². The Balaban J connectivity index is 1.96. The van der Waals surface area contributed by atoms with Crippen LogP contribution in [0.1, 0.15) is 5.56 Å². The first-order valence-corrected chi connectivity index (χ1v) is 6.22. The van der Waals surface area contributed by atoms with Crippen LogP contribution in [0.25, 0.3) is 0 Å². The van der Waals surface area contributed by atoms with Crippen molar-refractivity contribution in [2.75, 3.05) is 0 Å². The minimum Gasteiger partial charge on any atom is -0.489 e. The van der Waals surface area contributed by atoms with E-state index < -0.39 is 0 Å². The quantitative estimate of drug-likeness (QED) is 0.746. The summed E-state index contributed by atoms with van der Waals surface area (Å²) in [6.45, 7) is 0.524. The maximum Gasteiger partial charge on any atom is 0.169 e. The Morgan fingerprint density at radius 3 is 2.60 bits per heavy atom. The Bertz CT molecular complexity index is 436. The molecule has 0 fully saturated rings. The third kappa shape index (κ3) is 3.24. The van der Waals surface area contributed by atoms with Gasteiger partial charge in [0.15, 0.2) is 4.67 Å². The molecule has 1 aromatic heterocycles. The second kappa shape index (κ2) is 5.03. The molecular weight excluding hydrogens is 371 g/mol. The number of benzene rings is 1. The second-order valence-corrected chi connectivity index (χ2v) is 5.03. The van der Waals surface area contributed by atoms with Crippen LogP contribution in [0.4, 0.5) is 0 Å². The van der Waals surface area contributed by atoms with Gasteiger partial charge in [-0.05, 0) is 68.9 Å². The van der Waals surface area contributed by atoms with E-state index in [-0.39, 0.29) is 0 Å². The van der Waals surface area contributed by atoms with Crippen LogP contribution < -0.4 is 4.74 Å². The molecule has 0 saturated heterocycles. The van der Waals surface area contributed by atoms with E-state index in [4.69, 9.17) is 9.15 Å². The molecule has 0 amide bonds. The predicted octanol–water partition coefficient (Wildman–Crippen LogP) is 4.23. The minimum absolute atomic E-state index is 0.524.